The summed E-state index contributed by atoms with van der Waals surface area (Å²) in [5.41, 5.74) is 4.69. The number of fused-ring (bicyclic) bond motifs is 1. The van der Waals surface area contributed by atoms with Gasteiger partial charge in [-0.1, -0.05) is 41.9 Å². The van der Waals surface area contributed by atoms with Crippen molar-refractivity contribution in [1.82, 2.24) is 4.98 Å². The van der Waals surface area contributed by atoms with E-state index in [4.69, 9.17) is 16.3 Å². The molecule has 24 heavy (non-hydrogen) atoms. The van der Waals surface area contributed by atoms with Crippen LogP contribution < -0.4 is 4.90 Å². The molecule has 1 aliphatic rings. The van der Waals surface area contributed by atoms with Gasteiger partial charge in [0.2, 0.25) is 0 Å². The zero-order valence-corrected chi connectivity index (χ0v) is 14.5. The number of nitrogens with zero attached hydrogens (tertiary/aromatic N) is 1. The van der Waals surface area contributed by atoms with E-state index in [1.54, 1.807) is 0 Å². The van der Waals surface area contributed by atoms with Crippen LogP contribution in [-0.2, 0) is 4.74 Å². The first-order valence-electron chi connectivity index (χ1n) is 8.40. The van der Waals surface area contributed by atoms with E-state index in [1.165, 1.54) is 16.5 Å². The van der Waals surface area contributed by atoms with E-state index in [2.05, 4.69) is 59.5 Å². The van der Waals surface area contributed by atoms with Crippen molar-refractivity contribution >= 4 is 28.2 Å². The van der Waals surface area contributed by atoms with Gasteiger partial charge in [0.1, 0.15) is 0 Å². The lowest BCUT2D eigenvalue weighted by atomic mass is 10.0. The van der Waals surface area contributed by atoms with Crippen LogP contribution >= 0.6 is 11.6 Å². The predicted molar refractivity (Wildman–Crippen MR) is 101 cm³/mol. The Balaban J connectivity index is 1.81. The first-order chi connectivity index (χ1) is 11.7. The van der Waals surface area contributed by atoms with Crippen molar-refractivity contribution in [2.45, 2.75) is 18.9 Å². The fourth-order valence-electron chi connectivity index (χ4n) is 3.58. The summed E-state index contributed by atoms with van der Waals surface area (Å²) in [6.45, 7) is 1.66. The van der Waals surface area contributed by atoms with Gasteiger partial charge in [-0.2, -0.15) is 0 Å². The summed E-state index contributed by atoms with van der Waals surface area (Å²) in [5, 5.41) is 1.94. The maximum absolute atomic E-state index is 6.46. The van der Waals surface area contributed by atoms with Gasteiger partial charge in [0.15, 0.2) is 0 Å². The Morgan fingerprint density at radius 1 is 1.12 bits per heavy atom. The molecule has 1 fully saturated rings. The molecule has 4 heteroatoms. The minimum atomic E-state index is 0.490. The van der Waals surface area contributed by atoms with Crippen LogP contribution in [0.5, 0.6) is 0 Å². The molecule has 1 N–H and O–H groups in total. The quantitative estimate of drug-likeness (QED) is 0.718. The molecule has 0 amide bonds. The van der Waals surface area contributed by atoms with E-state index in [-0.39, 0.29) is 0 Å². The molecule has 4 rings (SSSR count). The third-order valence-electron chi connectivity index (χ3n) is 4.94. The zero-order chi connectivity index (χ0) is 16.5. The Morgan fingerprint density at radius 2 is 1.88 bits per heavy atom. The number of aromatic amines is 1. The topological polar surface area (TPSA) is 28.3 Å². The molecule has 3 aromatic rings. The molecule has 0 bridgehead atoms. The van der Waals surface area contributed by atoms with Crippen molar-refractivity contribution in [3.05, 3.63) is 53.7 Å². The van der Waals surface area contributed by atoms with Crippen LogP contribution in [-0.4, -0.2) is 31.3 Å². The van der Waals surface area contributed by atoms with Crippen LogP contribution in [0, 0.1) is 0 Å². The average Bonchev–Trinajstić information content (AvgIpc) is 3.05. The van der Waals surface area contributed by atoms with Crippen LogP contribution in [0.1, 0.15) is 12.8 Å². The third-order valence-corrected chi connectivity index (χ3v) is 5.15. The van der Waals surface area contributed by atoms with Crippen LogP contribution in [0.2, 0.25) is 5.02 Å². The number of rotatable bonds is 3. The Labute approximate surface area is 147 Å². The minimum absolute atomic E-state index is 0.490. The van der Waals surface area contributed by atoms with Crippen molar-refractivity contribution in [2.75, 3.05) is 25.2 Å². The number of aromatic nitrogens is 1. The summed E-state index contributed by atoms with van der Waals surface area (Å²) in [7, 11) is 2.16. The van der Waals surface area contributed by atoms with Gasteiger partial charge in [0, 0.05) is 48.5 Å². The molecule has 1 aromatic heterocycles. The summed E-state index contributed by atoms with van der Waals surface area (Å²) in [6.07, 6.45) is 4.19. The fourth-order valence-corrected chi connectivity index (χ4v) is 3.79. The molecular weight excluding hydrogens is 320 g/mol. The van der Waals surface area contributed by atoms with Crippen molar-refractivity contribution in [2.24, 2.45) is 0 Å². The smallest absolute Gasteiger partial charge is 0.0699 e. The highest BCUT2D eigenvalue weighted by molar-refractivity contribution is 6.32. The molecule has 3 nitrogen and oxygen atoms in total. The summed E-state index contributed by atoms with van der Waals surface area (Å²) in [5.74, 6) is 0. The molecule has 2 heterocycles. The molecule has 0 spiro atoms. The standard InChI is InChI=1S/C20H21ClN2O/c1-23(16-7-9-24-10-8-16)19-12-15(21)11-17-18(13-22-20(17)19)14-5-3-2-4-6-14/h2-6,11-13,16,22H,7-10H2,1H3. The fraction of sp³-hybridized carbons (Fsp3) is 0.300. The molecule has 0 aliphatic carbocycles. The van der Waals surface area contributed by atoms with Gasteiger partial charge >= 0.3 is 0 Å². The van der Waals surface area contributed by atoms with E-state index >= 15 is 0 Å². The molecular formula is C20H21ClN2O. The third kappa shape index (κ3) is 2.79. The largest absolute Gasteiger partial charge is 0.381 e. The second-order valence-corrected chi connectivity index (χ2v) is 6.81. The normalized spacial score (nSPS) is 15.8. The molecule has 1 saturated heterocycles. The monoisotopic (exact) mass is 340 g/mol. The van der Waals surface area contributed by atoms with Crippen molar-refractivity contribution in [1.29, 1.82) is 0 Å². The Bertz CT molecular complexity index is 837. The SMILES string of the molecule is CN(c1cc(Cl)cc2c(-c3ccccc3)c[nH]c12)C1CCOCC1. The number of nitrogens with one attached hydrogen (secondary N) is 1. The Kier molecular flexibility index (Phi) is 4.21. The van der Waals surface area contributed by atoms with Gasteiger partial charge in [-0.3, -0.25) is 0 Å². The maximum atomic E-state index is 6.46. The summed E-state index contributed by atoms with van der Waals surface area (Å²) < 4.78 is 5.50. The number of ether oxygens (including phenoxy) is 1. The van der Waals surface area contributed by atoms with Gasteiger partial charge in [-0.25, -0.2) is 0 Å². The average molecular weight is 341 g/mol. The first kappa shape index (κ1) is 15.6. The predicted octanol–water partition coefficient (Wildman–Crippen LogP) is 5.10. The van der Waals surface area contributed by atoms with Gasteiger partial charge in [-0.05, 0) is 30.5 Å². The number of halogens is 1. The van der Waals surface area contributed by atoms with Crippen LogP contribution in [0.25, 0.3) is 22.0 Å². The number of anilines is 1. The van der Waals surface area contributed by atoms with Gasteiger partial charge in [0.05, 0.1) is 11.2 Å². The summed E-state index contributed by atoms with van der Waals surface area (Å²) in [6, 6.07) is 15.0. The highest BCUT2D eigenvalue weighted by Crippen LogP contribution is 2.37. The molecule has 1 aliphatic heterocycles. The molecule has 124 valence electrons. The number of hydrogen-bond acceptors (Lipinski definition) is 2. The lowest BCUT2D eigenvalue weighted by molar-refractivity contribution is 0.0855. The van der Waals surface area contributed by atoms with Gasteiger partial charge in [0.25, 0.3) is 0 Å². The highest BCUT2D eigenvalue weighted by atomic mass is 35.5. The van der Waals surface area contributed by atoms with E-state index < -0.39 is 0 Å². The first-order valence-corrected chi connectivity index (χ1v) is 8.78. The zero-order valence-electron chi connectivity index (χ0n) is 13.8. The molecule has 2 aromatic carbocycles. The van der Waals surface area contributed by atoms with E-state index in [1.807, 2.05) is 6.07 Å². The van der Waals surface area contributed by atoms with Crippen molar-refractivity contribution in [3.8, 4) is 11.1 Å². The molecule has 0 unspecified atom stereocenters. The van der Waals surface area contributed by atoms with E-state index in [0.29, 0.717) is 6.04 Å². The highest BCUT2D eigenvalue weighted by Gasteiger charge is 2.22. The van der Waals surface area contributed by atoms with Gasteiger partial charge in [-0.15, -0.1) is 0 Å². The lowest BCUT2D eigenvalue weighted by Gasteiger charge is -2.33. The van der Waals surface area contributed by atoms with E-state index in [0.717, 1.165) is 42.3 Å². The Morgan fingerprint density at radius 3 is 2.62 bits per heavy atom. The van der Waals surface area contributed by atoms with Crippen LogP contribution in [0.15, 0.2) is 48.7 Å². The van der Waals surface area contributed by atoms with Gasteiger partial charge < -0.3 is 14.6 Å². The molecule has 0 atom stereocenters. The number of H-pyrrole nitrogens is 1. The van der Waals surface area contributed by atoms with Crippen LogP contribution in [0.3, 0.4) is 0 Å². The van der Waals surface area contributed by atoms with E-state index in [9.17, 15) is 0 Å². The Hall–Kier alpha value is -1.97. The van der Waals surface area contributed by atoms with Crippen molar-refractivity contribution in [3.63, 3.8) is 0 Å². The lowest BCUT2D eigenvalue weighted by Crippen LogP contribution is -2.36. The second-order valence-electron chi connectivity index (χ2n) is 6.37. The molecule has 0 saturated carbocycles. The number of benzene rings is 2. The number of hydrogen-bond donors (Lipinski definition) is 1. The minimum Gasteiger partial charge on any atom is -0.381 e. The maximum Gasteiger partial charge on any atom is 0.0699 e. The second kappa shape index (κ2) is 6.50. The molecule has 0 radical (unpaired) electrons. The van der Waals surface area contributed by atoms with Crippen molar-refractivity contribution < 1.29 is 4.74 Å². The summed E-state index contributed by atoms with van der Waals surface area (Å²) >= 11 is 6.46. The summed E-state index contributed by atoms with van der Waals surface area (Å²) in [4.78, 5) is 5.82. The van der Waals surface area contributed by atoms with Crippen LogP contribution in [0.4, 0.5) is 5.69 Å².